The van der Waals surface area contributed by atoms with Gasteiger partial charge in [0, 0.05) is 18.3 Å². The Balaban J connectivity index is 2.40. The number of pyridine rings is 1. The van der Waals surface area contributed by atoms with E-state index in [1.165, 1.54) is 13.3 Å². The summed E-state index contributed by atoms with van der Waals surface area (Å²) in [4.78, 5) is 33.4. The standard InChI is InChI=1S/C17H25BrN2O5/c1-17(2,3)24-16(22)11(8-10-6-5-7-20-25-10)13-14(18)12(23-4)9-19-15(13)21/h9-11,20H,5-8H2,1-4H3,(H,19,21). The Hall–Kier alpha value is -1.38. The molecular weight excluding hydrogens is 392 g/mol. The second-order valence-corrected chi connectivity index (χ2v) is 7.81. The lowest BCUT2D eigenvalue weighted by atomic mass is 9.91. The van der Waals surface area contributed by atoms with Crippen molar-refractivity contribution in [1.82, 2.24) is 10.5 Å². The fourth-order valence-electron chi connectivity index (χ4n) is 2.74. The molecule has 0 bridgehead atoms. The fourth-order valence-corrected chi connectivity index (χ4v) is 3.47. The lowest BCUT2D eigenvalue weighted by Crippen LogP contribution is -2.36. The number of hydroxylamine groups is 1. The Morgan fingerprint density at radius 1 is 1.48 bits per heavy atom. The van der Waals surface area contributed by atoms with Crippen LogP contribution in [0.3, 0.4) is 0 Å². The summed E-state index contributed by atoms with van der Waals surface area (Å²) in [5.74, 6) is -0.774. The van der Waals surface area contributed by atoms with Crippen molar-refractivity contribution in [3.05, 3.63) is 26.6 Å². The topological polar surface area (TPSA) is 89.7 Å². The number of ether oxygens (including phenoxy) is 2. The molecule has 25 heavy (non-hydrogen) atoms. The van der Waals surface area contributed by atoms with Crippen LogP contribution >= 0.6 is 15.9 Å². The van der Waals surface area contributed by atoms with E-state index in [-0.39, 0.29) is 11.7 Å². The van der Waals surface area contributed by atoms with Gasteiger partial charge < -0.3 is 14.5 Å². The summed E-state index contributed by atoms with van der Waals surface area (Å²) in [5, 5.41) is 0. The summed E-state index contributed by atoms with van der Waals surface area (Å²) in [5.41, 5.74) is 2.14. The van der Waals surface area contributed by atoms with Gasteiger partial charge in [-0.15, -0.1) is 0 Å². The first-order valence-corrected chi connectivity index (χ1v) is 9.08. The van der Waals surface area contributed by atoms with Crippen LogP contribution in [-0.2, 0) is 14.4 Å². The molecular formula is C17H25BrN2O5. The normalized spacial score (nSPS) is 19.3. The Kier molecular flexibility index (Phi) is 6.65. The monoisotopic (exact) mass is 416 g/mol. The lowest BCUT2D eigenvalue weighted by Gasteiger charge is -2.29. The van der Waals surface area contributed by atoms with E-state index in [1.807, 2.05) is 0 Å². The van der Waals surface area contributed by atoms with Gasteiger partial charge in [0.1, 0.15) is 11.4 Å². The first-order valence-electron chi connectivity index (χ1n) is 8.29. The van der Waals surface area contributed by atoms with Gasteiger partial charge in [-0.1, -0.05) is 0 Å². The minimum atomic E-state index is -0.766. The molecule has 2 unspecified atom stereocenters. The molecule has 1 fully saturated rings. The average molecular weight is 417 g/mol. The zero-order chi connectivity index (χ0) is 18.6. The maximum Gasteiger partial charge on any atom is 0.314 e. The summed E-state index contributed by atoms with van der Waals surface area (Å²) in [6, 6.07) is 0. The minimum Gasteiger partial charge on any atom is -0.494 e. The van der Waals surface area contributed by atoms with Crippen molar-refractivity contribution in [2.45, 2.75) is 57.7 Å². The van der Waals surface area contributed by atoms with Crippen molar-refractivity contribution in [2.75, 3.05) is 13.7 Å². The number of hydrogen-bond donors (Lipinski definition) is 2. The van der Waals surface area contributed by atoms with Crippen molar-refractivity contribution in [3.63, 3.8) is 0 Å². The van der Waals surface area contributed by atoms with Gasteiger partial charge in [-0.05, 0) is 56.0 Å². The number of carbonyl (C=O) groups excluding carboxylic acids is 1. The molecule has 1 aliphatic heterocycles. The fraction of sp³-hybridized carbons (Fsp3) is 0.647. The van der Waals surface area contributed by atoms with E-state index in [4.69, 9.17) is 14.3 Å². The molecule has 2 N–H and O–H groups in total. The molecule has 1 aliphatic rings. The molecule has 2 heterocycles. The van der Waals surface area contributed by atoms with Gasteiger partial charge in [-0.2, -0.15) is 0 Å². The Bertz CT molecular complexity index is 662. The van der Waals surface area contributed by atoms with Crippen LogP contribution in [0, 0.1) is 0 Å². The van der Waals surface area contributed by atoms with E-state index >= 15 is 0 Å². The van der Waals surface area contributed by atoms with Crippen LogP contribution in [0.15, 0.2) is 15.5 Å². The van der Waals surface area contributed by atoms with Gasteiger partial charge in [-0.3, -0.25) is 14.4 Å². The molecule has 1 saturated heterocycles. The van der Waals surface area contributed by atoms with Crippen LogP contribution in [-0.4, -0.2) is 36.3 Å². The quantitative estimate of drug-likeness (QED) is 0.717. The number of aromatic nitrogens is 1. The number of methoxy groups -OCH3 is 1. The number of carbonyl (C=O) groups is 1. The second-order valence-electron chi connectivity index (χ2n) is 7.01. The maximum absolute atomic E-state index is 12.8. The highest BCUT2D eigenvalue weighted by Gasteiger charge is 2.34. The number of nitrogens with one attached hydrogen (secondary N) is 2. The summed E-state index contributed by atoms with van der Waals surface area (Å²) in [6.45, 7) is 6.17. The number of aromatic amines is 1. The molecule has 7 nitrogen and oxygen atoms in total. The number of hydrogen-bond acceptors (Lipinski definition) is 6. The van der Waals surface area contributed by atoms with E-state index in [1.54, 1.807) is 20.8 Å². The smallest absolute Gasteiger partial charge is 0.314 e. The van der Waals surface area contributed by atoms with Crippen LogP contribution in [0.4, 0.5) is 0 Å². The van der Waals surface area contributed by atoms with E-state index in [9.17, 15) is 9.59 Å². The molecule has 0 aromatic carbocycles. The van der Waals surface area contributed by atoms with E-state index < -0.39 is 17.5 Å². The molecule has 140 valence electrons. The van der Waals surface area contributed by atoms with Crippen molar-refractivity contribution in [3.8, 4) is 5.75 Å². The van der Waals surface area contributed by atoms with Gasteiger partial charge >= 0.3 is 5.97 Å². The van der Waals surface area contributed by atoms with Crippen LogP contribution in [0.1, 0.15) is 51.5 Å². The first kappa shape index (κ1) is 19.9. The third-order valence-corrected chi connectivity index (χ3v) is 4.66. The molecule has 2 atom stereocenters. The third kappa shape index (κ3) is 5.29. The number of halogens is 1. The molecule has 0 amide bonds. The molecule has 2 rings (SSSR count). The largest absolute Gasteiger partial charge is 0.494 e. The molecule has 0 aliphatic carbocycles. The van der Waals surface area contributed by atoms with Crippen molar-refractivity contribution < 1.29 is 19.1 Å². The number of rotatable bonds is 5. The van der Waals surface area contributed by atoms with Gasteiger partial charge in [0.2, 0.25) is 0 Å². The highest BCUT2D eigenvalue weighted by atomic mass is 79.9. The van der Waals surface area contributed by atoms with Crippen molar-refractivity contribution >= 4 is 21.9 Å². The third-order valence-electron chi connectivity index (χ3n) is 3.84. The van der Waals surface area contributed by atoms with E-state index in [2.05, 4.69) is 26.4 Å². The lowest BCUT2D eigenvalue weighted by molar-refractivity contribution is -0.159. The zero-order valence-electron chi connectivity index (χ0n) is 15.0. The molecule has 0 spiro atoms. The van der Waals surface area contributed by atoms with Crippen LogP contribution in [0.5, 0.6) is 5.75 Å². The van der Waals surface area contributed by atoms with E-state index in [0.717, 1.165) is 19.4 Å². The van der Waals surface area contributed by atoms with Gasteiger partial charge in [0.25, 0.3) is 5.56 Å². The Morgan fingerprint density at radius 3 is 2.76 bits per heavy atom. The number of H-pyrrole nitrogens is 1. The molecule has 0 radical (unpaired) electrons. The highest BCUT2D eigenvalue weighted by Crippen LogP contribution is 2.34. The van der Waals surface area contributed by atoms with Crippen LogP contribution < -0.4 is 15.8 Å². The molecule has 1 aromatic rings. The average Bonchev–Trinajstić information content (AvgIpc) is 2.53. The van der Waals surface area contributed by atoms with Crippen LogP contribution in [0.25, 0.3) is 0 Å². The summed E-state index contributed by atoms with van der Waals surface area (Å²) < 4.78 is 11.3. The predicted octanol–water partition coefficient (Wildman–Crippen LogP) is 2.65. The van der Waals surface area contributed by atoms with E-state index in [0.29, 0.717) is 22.2 Å². The van der Waals surface area contributed by atoms with Gasteiger partial charge in [0.05, 0.1) is 23.6 Å². The van der Waals surface area contributed by atoms with Gasteiger partial charge in [0.15, 0.2) is 0 Å². The highest BCUT2D eigenvalue weighted by molar-refractivity contribution is 9.10. The Morgan fingerprint density at radius 2 is 2.20 bits per heavy atom. The first-order chi connectivity index (χ1) is 11.7. The summed E-state index contributed by atoms with van der Waals surface area (Å²) >= 11 is 3.40. The Labute approximate surface area is 155 Å². The zero-order valence-corrected chi connectivity index (χ0v) is 16.6. The predicted molar refractivity (Wildman–Crippen MR) is 96.6 cm³/mol. The molecule has 8 heteroatoms. The van der Waals surface area contributed by atoms with Crippen LogP contribution in [0.2, 0.25) is 0 Å². The molecule has 1 aromatic heterocycles. The minimum absolute atomic E-state index is 0.177. The molecule has 0 saturated carbocycles. The second kappa shape index (κ2) is 8.33. The van der Waals surface area contributed by atoms with Crippen molar-refractivity contribution in [1.29, 1.82) is 0 Å². The van der Waals surface area contributed by atoms with Crippen molar-refractivity contribution in [2.24, 2.45) is 0 Å². The summed E-state index contributed by atoms with van der Waals surface area (Å²) in [7, 11) is 1.50. The SMILES string of the molecule is COc1c[nH]c(=O)c(C(CC2CCCNO2)C(=O)OC(C)(C)C)c1Br. The maximum atomic E-state index is 12.8. The number of esters is 1. The summed E-state index contributed by atoms with van der Waals surface area (Å²) in [6.07, 6.45) is 3.38. The van der Waals surface area contributed by atoms with Gasteiger partial charge in [-0.25, -0.2) is 5.48 Å².